The minimum atomic E-state index is -4.66. The smallest absolute Gasteiger partial charge is 0.361 e. The molecule has 0 spiro atoms. The van der Waals surface area contributed by atoms with Gasteiger partial charge in [-0.15, -0.1) is 0 Å². The quantitative estimate of drug-likeness (QED) is 0.869. The number of halogens is 3. The molecule has 0 aliphatic carbocycles. The highest BCUT2D eigenvalue weighted by atomic mass is 19.4. The van der Waals surface area contributed by atoms with Crippen molar-refractivity contribution < 1.29 is 27.0 Å². The Bertz CT molecular complexity index is 659. The van der Waals surface area contributed by atoms with Gasteiger partial charge in [-0.25, -0.2) is 0 Å². The van der Waals surface area contributed by atoms with Crippen LogP contribution in [0.1, 0.15) is 35.2 Å². The summed E-state index contributed by atoms with van der Waals surface area (Å²) in [6.07, 6.45) is -3.91. The third-order valence-corrected chi connectivity index (χ3v) is 3.16. The summed E-state index contributed by atoms with van der Waals surface area (Å²) in [4.78, 5) is 14.9. The van der Waals surface area contributed by atoms with Crippen LogP contribution in [0.4, 0.5) is 13.2 Å². The number of aromatic nitrogens is 3. The summed E-state index contributed by atoms with van der Waals surface area (Å²) in [7, 11) is 0. The largest absolute Gasteiger partial charge is 0.471 e. The zero-order valence-electron chi connectivity index (χ0n) is 12.5. The zero-order valence-corrected chi connectivity index (χ0v) is 12.5. The SMILES string of the molecule is Cc1noc(C)c1CCC(=O)NCCc1noc(C(F)(F)F)n1. The van der Waals surface area contributed by atoms with Crippen LogP contribution in [0.15, 0.2) is 9.05 Å². The second-order valence-corrected chi connectivity index (χ2v) is 4.92. The Balaban J connectivity index is 1.74. The highest BCUT2D eigenvalue weighted by Gasteiger charge is 2.38. The van der Waals surface area contributed by atoms with Crippen LogP contribution in [0.25, 0.3) is 0 Å². The zero-order chi connectivity index (χ0) is 17.0. The fourth-order valence-corrected chi connectivity index (χ4v) is 1.97. The topological polar surface area (TPSA) is 94.1 Å². The molecule has 2 aromatic rings. The van der Waals surface area contributed by atoms with Gasteiger partial charge in [-0.05, 0) is 20.3 Å². The Morgan fingerprint density at radius 3 is 2.48 bits per heavy atom. The Morgan fingerprint density at radius 1 is 1.17 bits per heavy atom. The van der Waals surface area contributed by atoms with E-state index in [0.717, 1.165) is 11.3 Å². The Hall–Kier alpha value is -2.39. The molecule has 2 rings (SSSR count). The van der Waals surface area contributed by atoms with E-state index in [2.05, 4.69) is 25.1 Å². The van der Waals surface area contributed by atoms with Gasteiger partial charge in [0.25, 0.3) is 0 Å². The van der Waals surface area contributed by atoms with E-state index in [4.69, 9.17) is 4.52 Å². The van der Waals surface area contributed by atoms with Gasteiger partial charge in [-0.1, -0.05) is 10.3 Å². The number of aryl methyl sites for hydroxylation is 2. The van der Waals surface area contributed by atoms with Crippen LogP contribution in [0.5, 0.6) is 0 Å². The number of nitrogens with one attached hydrogen (secondary N) is 1. The van der Waals surface area contributed by atoms with Gasteiger partial charge in [-0.2, -0.15) is 18.2 Å². The molecule has 0 saturated carbocycles. The molecule has 0 aliphatic heterocycles. The van der Waals surface area contributed by atoms with E-state index in [1.807, 2.05) is 0 Å². The van der Waals surface area contributed by atoms with Gasteiger partial charge in [0, 0.05) is 24.9 Å². The summed E-state index contributed by atoms with van der Waals surface area (Å²) in [5, 5.41) is 9.59. The Morgan fingerprint density at radius 2 is 1.91 bits per heavy atom. The van der Waals surface area contributed by atoms with Crippen molar-refractivity contribution in [1.82, 2.24) is 20.6 Å². The molecule has 23 heavy (non-hydrogen) atoms. The summed E-state index contributed by atoms with van der Waals surface area (Å²) in [5.74, 6) is -1.06. The van der Waals surface area contributed by atoms with E-state index in [1.165, 1.54) is 0 Å². The molecule has 0 aromatic carbocycles. The first-order chi connectivity index (χ1) is 10.8. The third-order valence-electron chi connectivity index (χ3n) is 3.16. The standard InChI is InChI=1S/C13H15F3N4O3/c1-7-9(8(2)22-19-7)3-4-11(21)17-6-5-10-18-12(23-20-10)13(14,15)16/h3-6H2,1-2H3,(H,17,21). The van der Waals surface area contributed by atoms with Crippen LogP contribution in [-0.2, 0) is 23.8 Å². The summed E-state index contributed by atoms with van der Waals surface area (Å²) in [5.41, 5.74) is 1.62. The summed E-state index contributed by atoms with van der Waals surface area (Å²) in [6, 6.07) is 0. The van der Waals surface area contributed by atoms with Gasteiger partial charge >= 0.3 is 12.1 Å². The summed E-state index contributed by atoms with van der Waals surface area (Å²) in [6.45, 7) is 3.68. The fraction of sp³-hybridized carbons (Fsp3) is 0.538. The molecule has 2 aromatic heterocycles. The molecule has 0 atom stereocenters. The predicted octanol–water partition coefficient (Wildman–Crippen LogP) is 1.98. The highest BCUT2D eigenvalue weighted by Crippen LogP contribution is 2.27. The number of nitrogens with zero attached hydrogens (tertiary/aromatic N) is 3. The second kappa shape index (κ2) is 6.80. The molecule has 0 fully saturated rings. The van der Waals surface area contributed by atoms with Gasteiger partial charge < -0.3 is 14.4 Å². The minimum absolute atomic E-state index is 0.0522. The van der Waals surface area contributed by atoms with Gasteiger partial charge in [0.2, 0.25) is 5.91 Å². The van der Waals surface area contributed by atoms with Crippen LogP contribution in [0, 0.1) is 13.8 Å². The number of carbonyl (C=O) groups is 1. The number of amides is 1. The molecule has 1 amide bonds. The van der Waals surface area contributed by atoms with Crippen LogP contribution in [0.3, 0.4) is 0 Å². The first-order valence-electron chi connectivity index (χ1n) is 6.85. The molecular weight excluding hydrogens is 317 g/mol. The lowest BCUT2D eigenvalue weighted by atomic mass is 10.1. The first kappa shape index (κ1) is 17.0. The van der Waals surface area contributed by atoms with Gasteiger partial charge in [0.05, 0.1) is 5.69 Å². The average Bonchev–Trinajstić information content (AvgIpc) is 3.05. The minimum Gasteiger partial charge on any atom is -0.361 e. The van der Waals surface area contributed by atoms with E-state index in [0.29, 0.717) is 12.2 Å². The molecule has 7 nitrogen and oxygen atoms in total. The van der Waals surface area contributed by atoms with E-state index in [1.54, 1.807) is 13.8 Å². The monoisotopic (exact) mass is 332 g/mol. The molecular formula is C13H15F3N4O3. The molecule has 0 radical (unpaired) electrons. The van der Waals surface area contributed by atoms with Crippen molar-refractivity contribution in [1.29, 1.82) is 0 Å². The van der Waals surface area contributed by atoms with E-state index >= 15 is 0 Å². The fourth-order valence-electron chi connectivity index (χ4n) is 1.97. The number of hydrogen-bond donors (Lipinski definition) is 1. The van der Waals surface area contributed by atoms with Crippen molar-refractivity contribution in [3.63, 3.8) is 0 Å². The molecule has 0 saturated heterocycles. The van der Waals surface area contributed by atoms with Crippen LogP contribution >= 0.6 is 0 Å². The highest BCUT2D eigenvalue weighted by molar-refractivity contribution is 5.76. The normalized spacial score (nSPS) is 11.7. The van der Waals surface area contributed by atoms with E-state index in [9.17, 15) is 18.0 Å². The molecule has 126 valence electrons. The number of alkyl halides is 3. The van der Waals surface area contributed by atoms with Crippen molar-refractivity contribution in [2.24, 2.45) is 0 Å². The maximum absolute atomic E-state index is 12.3. The lowest BCUT2D eigenvalue weighted by Gasteiger charge is -2.03. The molecule has 1 N–H and O–H groups in total. The second-order valence-electron chi connectivity index (χ2n) is 4.92. The van der Waals surface area contributed by atoms with Gasteiger partial charge in [0.1, 0.15) is 5.76 Å². The summed E-state index contributed by atoms with van der Waals surface area (Å²) < 4.78 is 45.9. The molecule has 0 unspecified atom stereocenters. The van der Waals surface area contributed by atoms with Crippen LogP contribution in [0.2, 0.25) is 0 Å². The van der Waals surface area contributed by atoms with E-state index in [-0.39, 0.29) is 31.1 Å². The first-order valence-corrected chi connectivity index (χ1v) is 6.85. The molecule has 0 bridgehead atoms. The maximum atomic E-state index is 12.3. The summed E-state index contributed by atoms with van der Waals surface area (Å²) >= 11 is 0. The molecule has 10 heteroatoms. The van der Waals surface area contributed by atoms with Crippen molar-refractivity contribution in [2.75, 3.05) is 6.54 Å². The number of hydrogen-bond acceptors (Lipinski definition) is 6. The van der Waals surface area contributed by atoms with Crippen molar-refractivity contribution in [2.45, 2.75) is 39.3 Å². The van der Waals surface area contributed by atoms with Crippen molar-refractivity contribution >= 4 is 5.91 Å². The lowest BCUT2D eigenvalue weighted by molar-refractivity contribution is -0.159. The van der Waals surface area contributed by atoms with Gasteiger partial charge in [-0.3, -0.25) is 4.79 Å². The third kappa shape index (κ3) is 4.54. The van der Waals surface area contributed by atoms with Crippen LogP contribution < -0.4 is 5.32 Å². The maximum Gasteiger partial charge on any atom is 0.471 e. The van der Waals surface area contributed by atoms with E-state index < -0.39 is 12.1 Å². The average molecular weight is 332 g/mol. The van der Waals surface area contributed by atoms with Gasteiger partial charge in [0.15, 0.2) is 5.82 Å². The molecule has 2 heterocycles. The lowest BCUT2D eigenvalue weighted by Crippen LogP contribution is -2.26. The Labute approximate surface area is 129 Å². The van der Waals surface area contributed by atoms with Crippen molar-refractivity contribution in [3.8, 4) is 0 Å². The van der Waals surface area contributed by atoms with Crippen LogP contribution in [-0.4, -0.2) is 27.7 Å². The van der Waals surface area contributed by atoms with Crippen molar-refractivity contribution in [3.05, 3.63) is 28.7 Å². The predicted molar refractivity (Wildman–Crippen MR) is 70.3 cm³/mol. The Kier molecular flexibility index (Phi) is 5.02. The number of carbonyl (C=O) groups excluding carboxylic acids is 1. The number of rotatable bonds is 6. The molecule has 0 aliphatic rings.